The number of Topliss-reactive ketones (excluding diaryl/α,β-unsaturated/α-hetero) is 1. The second-order valence-electron chi connectivity index (χ2n) is 3.55. The van der Waals surface area contributed by atoms with Gasteiger partial charge in [0.25, 0.3) is 0 Å². The topological polar surface area (TPSA) is 29.4 Å². The van der Waals surface area contributed by atoms with Gasteiger partial charge >= 0.3 is 0 Å². The quantitative estimate of drug-likeness (QED) is 0.541. The average Bonchev–Trinajstić information content (AvgIpc) is 2.64. The normalized spacial score (nSPS) is 11.4. The maximum Gasteiger partial charge on any atom is 0.178 e. The van der Waals surface area contributed by atoms with Gasteiger partial charge in [-0.05, 0) is 17.4 Å². The van der Waals surface area contributed by atoms with Crippen LogP contribution in [-0.2, 0) is 0 Å². The van der Waals surface area contributed by atoms with E-state index in [2.05, 4.69) is 18.8 Å². The maximum absolute atomic E-state index is 11.5. The third kappa shape index (κ3) is 3.83. The van der Waals surface area contributed by atoms with E-state index in [-0.39, 0.29) is 5.78 Å². The van der Waals surface area contributed by atoms with Crippen molar-refractivity contribution >= 4 is 23.3 Å². The standard InChI is InChI=1S/C11H15NOS/c1-9(2)8-12-6-5-10(13)11-4-3-7-14-11/h3-4,6-7,9H,5,8H2,1-2H3. The van der Waals surface area contributed by atoms with Gasteiger partial charge in [-0.25, -0.2) is 0 Å². The third-order valence-corrected chi connectivity index (χ3v) is 2.58. The Morgan fingerprint density at radius 1 is 1.64 bits per heavy atom. The molecule has 1 rings (SSSR count). The largest absolute Gasteiger partial charge is 0.297 e. The number of aliphatic imine (C=N–C) groups is 1. The first-order valence-corrected chi connectivity index (χ1v) is 5.63. The molecule has 3 heteroatoms. The van der Waals surface area contributed by atoms with E-state index in [1.165, 1.54) is 11.3 Å². The molecule has 0 bridgehead atoms. The summed E-state index contributed by atoms with van der Waals surface area (Å²) in [6.45, 7) is 5.02. The van der Waals surface area contributed by atoms with Gasteiger partial charge in [-0.2, -0.15) is 0 Å². The minimum absolute atomic E-state index is 0.160. The number of hydrogen-bond donors (Lipinski definition) is 0. The predicted molar refractivity (Wildman–Crippen MR) is 61.5 cm³/mol. The molecule has 0 aliphatic rings. The number of rotatable bonds is 5. The summed E-state index contributed by atoms with van der Waals surface area (Å²) in [6, 6.07) is 3.74. The van der Waals surface area contributed by atoms with Crippen molar-refractivity contribution in [2.45, 2.75) is 20.3 Å². The van der Waals surface area contributed by atoms with E-state index in [1.807, 2.05) is 17.5 Å². The van der Waals surface area contributed by atoms with Gasteiger partial charge in [-0.1, -0.05) is 19.9 Å². The third-order valence-electron chi connectivity index (χ3n) is 1.67. The number of thiophene rings is 1. The van der Waals surface area contributed by atoms with Gasteiger partial charge in [-0.3, -0.25) is 9.79 Å². The van der Waals surface area contributed by atoms with Gasteiger partial charge in [0.05, 0.1) is 4.88 Å². The van der Waals surface area contributed by atoms with Crippen LogP contribution in [0.15, 0.2) is 22.5 Å². The van der Waals surface area contributed by atoms with Crippen LogP contribution >= 0.6 is 11.3 Å². The van der Waals surface area contributed by atoms with E-state index in [1.54, 1.807) is 6.21 Å². The van der Waals surface area contributed by atoms with Gasteiger partial charge in [0.1, 0.15) is 0 Å². The van der Waals surface area contributed by atoms with Crippen molar-refractivity contribution in [3.8, 4) is 0 Å². The smallest absolute Gasteiger partial charge is 0.178 e. The summed E-state index contributed by atoms with van der Waals surface area (Å²) in [6.07, 6.45) is 2.15. The summed E-state index contributed by atoms with van der Waals surface area (Å²) in [5.41, 5.74) is 0. The lowest BCUT2D eigenvalue weighted by Gasteiger charge is -1.96. The summed E-state index contributed by atoms with van der Waals surface area (Å²) in [4.78, 5) is 16.5. The lowest BCUT2D eigenvalue weighted by Crippen LogP contribution is -1.98. The Morgan fingerprint density at radius 3 is 3.00 bits per heavy atom. The first-order valence-electron chi connectivity index (χ1n) is 4.75. The lowest BCUT2D eigenvalue weighted by atomic mass is 10.2. The van der Waals surface area contributed by atoms with E-state index in [0.717, 1.165) is 11.4 Å². The molecule has 0 aliphatic heterocycles. The first-order chi connectivity index (χ1) is 6.70. The van der Waals surface area contributed by atoms with E-state index in [0.29, 0.717) is 12.3 Å². The van der Waals surface area contributed by atoms with Crippen LogP contribution in [-0.4, -0.2) is 18.5 Å². The minimum Gasteiger partial charge on any atom is -0.297 e. The molecule has 14 heavy (non-hydrogen) atoms. The highest BCUT2D eigenvalue weighted by Crippen LogP contribution is 2.10. The highest BCUT2D eigenvalue weighted by molar-refractivity contribution is 7.12. The van der Waals surface area contributed by atoms with Gasteiger partial charge < -0.3 is 0 Å². The number of ketones is 1. The van der Waals surface area contributed by atoms with Crippen LogP contribution < -0.4 is 0 Å². The molecule has 0 aromatic carbocycles. The maximum atomic E-state index is 11.5. The fraction of sp³-hybridized carbons (Fsp3) is 0.455. The molecule has 76 valence electrons. The molecule has 0 spiro atoms. The van der Waals surface area contributed by atoms with Gasteiger partial charge in [-0.15, -0.1) is 11.3 Å². The molecule has 0 amide bonds. The average molecular weight is 209 g/mol. The summed E-state index contributed by atoms with van der Waals surface area (Å²) in [5.74, 6) is 0.718. The van der Waals surface area contributed by atoms with Crippen LogP contribution in [0.1, 0.15) is 29.9 Å². The number of carbonyl (C=O) groups excluding carboxylic acids is 1. The second kappa shape index (κ2) is 5.70. The summed E-state index contributed by atoms with van der Waals surface area (Å²) < 4.78 is 0. The Kier molecular flexibility index (Phi) is 4.53. The summed E-state index contributed by atoms with van der Waals surface area (Å²) in [7, 11) is 0. The van der Waals surface area contributed by atoms with E-state index in [4.69, 9.17) is 0 Å². The second-order valence-corrected chi connectivity index (χ2v) is 4.49. The molecule has 0 saturated heterocycles. The fourth-order valence-electron chi connectivity index (χ4n) is 0.971. The fourth-order valence-corrected chi connectivity index (χ4v) is 1.65. The zero-order chi connectivity index (χ0) is 10.4. The molecular formula is C11H15NOS. The van der Waals surface area contributed by atoms with Crippen LogP contribution in [0.4, 0.5) is 0 Å². The molecule has 0 N–H and O–H groups in total. The Hall–Kier alpha value is -0.960. The van der Waals surface area contributed by atoms with Gasteiger partial charge in [0, 0.05) is 19.2 Å². The molecule has 0 unspecified atom stereocenters. The molecule has 1 aromatic heterocycles. The predicted octanol–water partition coefficient (Wildman–Crippen LogP) is 3.05. The van der Waals surface area contributed by atoms with Crippen LogP contribution in [0.5, 0.6) is 0 Å². The highest BCUT2D eigenvalue weighted by atomic mass is 32.1. The van der Waals surface area contributed by atoms with Crippen molar-refractivity contribution in [3.63, 3.8) is 0 Å². The van der Waals surface area contributed by atoms with Crippen molar-refractivity contribution in [1.29, 1.82) is 0 Å². The first kappa shape index (κ1) is 11.1. The van der Waals surface area contributed by atoms with Gasteiger partial charge in [0.15, 0.2) is 5.78 Å². The molecular weight excluding hydrogens is 194 g/mol. The monoisotopic (exact) mass is 209 g/mol. The molecule has 2 nitrogen and oxygen atoms in total. The van der Waals surface area contributed by atoms with Crippen LogP contribution in [0.25, 0.3) is 0 Å². The Bertz CT molecular complexity index is 301. The van der Waals surface area contributed by atoms with E-state index >= 15 is 0 Å². The van der Waals surface area contributed by atoms with Crippen molar-refractivity contribution in [2.24, 2.45) is 10.9 Å². The lowest BCUT2D eigenvalue weighted by molar-refractivity contribution is 0.101. The van der Waals surface area contributed by atoms with E-state index in [9.17, 15) is 4.79 Å². The van der Waals surface area contributed by atoms with Gasteiger partial charge in [0.2, 0.25) is 0 Å². The zero-order valence-electron chi connectivity index (χ0n) is 8.56. The van der Waals surface area contributed by atoms with Crippen molar-refractivity contribution in [1.82, 2.24) is 0 Å². The SMILES string of the molecule is CC(C)CN=CCC(=O)c1cccs1. The Labute approximate surface area is 88.7 Å². The van der Waals surface area contributed by atoms with Crippen LogP contribution in [0, 0.1) is 5.92 Å². The molecule has 0 fully saturated rings. The summed E-state index contributed by atoms with van der Waals surface area (Å²) in [5, 5.41) is 1.92. The van der Waals surface area contributed by atoms with Crippen LogP contribution in [0.2, 0.25) is 0 Å². The Balaban J connectivity index is 2.32. The van der Waals surface area contributed by atoms with Crippen LogP contribution in [0.3, 0.4) is 0 Å². The van der Waals surface area contributed by atoms with Crippen molar-refractivity contribution in [2.75, 3.05) is 6.54 Å². The molecule has 0 aliphatic carbocycles. The van der Waals surface area contributed by atoms with E-state index < -0.39 is 0 Å². The molecule has 1 aromatic rings. The zero-order valence-corrected chi connectivity index (χ0v) is 9.38. The molecule has 0 saturated carbocycles. The highest BCUT2D eigenvalue weighted by Gasteiger charge is 2.03. The molecule has 1 heterocycles. The van der Waals surface area contributed by atoms with Crippen molar-refractivity contribution in [3.05, 3.63) is 22.4 Å². The molecule has 0 atom stereocenters. The van der Waals surface area contributed by atoms with Crippen molar-refractivity contribution < 1.29 is 4.79 Å². The number of nitrogens with zero attached hydrogens (tertiary/aromatic N) is 1. The number of carbonyl (C=O) groups is 1. The molecule has 0 radical (unpaired) electrons. The Morgan fingerprint density at radius 2 is 2.43 bits per heavy atom. The summed E-state index contributed by atoms with van der Waals surface area (Å²) >= 11 is 1.48. The number of hydrogen-bond acceptors (Lipinski definition) is 3. The minimum atomic E-state index is 0.160.